The van der Waals surface area contributed by atoms with E-state index in [1.54, 1.807) is 0 Å². The monoisotopic (exact) mass is 540 g/mol. The van der Waals surface area contributed by atoms with E-state index in [0.717, 1.165) is 28.2 Å². The lowest BCUT2D eigenvalue weighted by Gasteiger charge is -2.49. The number of aromatic amines is 1. The van der Waals surface area contributed by atoms with Crippen LogP contribution in [0.2, 0.25) is 0 Å². The molecule has 2 aliphatic rings. The number of hydrogen-bond donors (Lipinski definition) is 4. The predicted molar refractivity (Wildman–Crippen MR) is 125 cm³/mol. The SMILES string of the molecule is CO/N=C(\C(=O)N[C@@H]1C(=O)N2C(OC(=O)O)=C(CSc3nccc(=O)[nH]3)CS[C@@H]12)c1nsc(N)n1. The minimum absolute atomic E-state index is 0.0616. The van der Waals surface area contributed by atoms with Crippen LogP contribution in [-0.2, 0) is 19.2 Å². The maximum Gasteiger partial charge on any atom is 0.512 e. The number of aromatic nitrogens is 4. The van der Waals surface area contributed by atoms with Crippen LogP contribution in [0.25, 0.3) is 0 Å². The number of thioether (sulfide) groups is 2. The molecule has 0 radical (unpaired) electrons. The molecule has 4 heterocycles. The summed E-state index contributed by atoms with van der Waals surface area (Å²) < 4.78 is 8.85. The topological polar surface area (TPSA) is 215 Å². The Labute approximate surface area is 208 Å². The Hall–Kier alpha value is -3.64. The quantitative estimate of drug-likeness (QED) is 0.0842. The van der Waals surface area contributed by atoms with Crippen LogP contribution in [-0.4, -0.2) is 83.0 Å². The van der Waals surface area contributed by atoms with E-state index >= 15 is 0 Å². The van der Waals surface area contributed by atoms with E-state index in [4.69, 9.17) is 10.5 Å². The number of oxime groups is 1. The lowest BCUT2D eigenvalue weighted by molar-refractivity contribution is -0.148. The number of carboxylic acid groups (broad SMARTS) is 1. The Morgan fingerprint density at radius 2 is 2.26 bits per heavy atom. The number of anilines is 1. The van der Waals surface area contributed by atoms with Gasteiger partial charge in [0.05, 0.1) is 0 Å². The van der Waals surface area contributed by atoms with E-state index in [2.05, 4.69) is 34.6 Å². The zero-order valence-corrected chi connectivity index (χ0v) is 20.1. The summed E-state index contributed by atoms with van der Waals surface area (Å²) in [6.45, 7) is 0. The summed E-state index contributed by atoms with van der Waals surface area (Å²) in [6, 6.07) is 0.276. The maximum atomic E-state index is 12.9. The number of rotatable bonds is 8. The summed E-state index contributed by atoms with van der Waals surface area (Å²) in [7, 11) is 1.23. The third-order valence-electron chi connectivity index (χ3n) is 4.55. The van der Waals surface area contributed by atoms with Crippen LogP contribution in [0.3, 0.4) is 0 Å². The summed E-state index contributed by atoms with van der Waals surface area (Å²) in [5, 5.41) is 15.2. The van der Waals surface area contributed by atoms with Crippen molar-refractivity contribution in [1.29, 1.82) is 0 Å². The Bertz CT molecular complexity index is 1290. The first-order valence-electron chi connectivity index (χ1n) is 9.55. The normalized spacial score (nSPS) is 19.6. The number of carbonyl (C=O) groups is 3. The van der Waals surface area contributed by atoms with Crippen LogP contribution in [0.4, 0.5) is 9.93 Å². The van der Waals surface area contributed by atoms with Gasteiger partial charge < -0.3 is 30.7 Å². The zero-order valence-electron chi connectivity index (χ0n) is 17.7. The molecule has 0 aromatic carbocycles. The first kappa shape index (κ1) is 24.5. The molecule has 5 N–H and O–H groups in total. The van der Waals surface area contributed by atoms with Crippen LogP contribution in [0, 0.1) is 0 Å². The van der Waals surface area contributed by atoms with Crippen LogP contribution < -0.4 is 16.6 Å². The summed E-state index contributed by atoms with van der Waals surface area (Å²) in [5.41, 5.74) is 5.46. The highest BCUT2D eigenvalue weighted by molar-refractivity contribution is 8.01. The van der Waals surface area contributed by atoms with Gasteiger partial charge in [-0.3, -0.25) is 19.3 Å². The molecule has 2 aromatic heterocycles. The van der Waals surface area contributed by atoms with Crippen molar-refractivity contribution in [1.82, 2.24) is 29.5 Å². The highest BCUT2D eigenvalue weighted by atomic mass is 32.2. The molecular weight excluding hydrogens is 524 g/mol. The van der Waals surface area contributed by atoms with Crippen LogP contribution in [0.1, 0.15) is 5.82 Å². The van der Waals surface area contributed by atoms with E-state index in [0.29, 0.717) is 16.5 Å². The number of β-lactam (4-membered cyclic amide) rings is 1. The van der Waals surface area contributed by atoms with E-state index in [9.17, 15) is 24.3 Å². The number of nitrogens with one attached hydrogen (secondary N) is 2. The smallest absolute Gasteiger partial charge is 0.449 e. The van der Waals surface area contributed by atoms with Gasteiger partial charge in [-0.2, -0.15) is 9.36 Å². The van der Waals surface area contributed by atoms with Gasteiger partial charge in [-0.25, -0.2) is 9.78 Å². The first-order valence-corrected chi connectivity index (χ1v) is 12.4. The molecule has 0 aliphatic carbocycles. The molecule has 2 aliphatic heterocycles. The molecule has 18 heteroatoms. The molecule has 0 bridgehead atoms. The summed E-state index contributed by atoms with van der Waals surface area (Å²) in [5.74, 6) is -1.04. The molecule has 0 spiro atoms. The molecule has 1 saturated heterocycles. The van der Waals surface area contributed by atoms with E-state index in [1.807, 2.05) is 0 Å². The third kappa shape index (κ3) is 5.23. The third-order valence-corrected chi connectivity index (χ3v) is 7.40. The van der Waals surface area contributed by atoms with Crippen molar-refractivity contribution in [3.8, 4) is 0 Å². The van der Waals surface area contributed by atoms with Gasteiger partial charge in [-0.05, 0) is 0 Å². The minimum Gasteiger partial charge on any atom is -0.449 e. The fourth-order valence-corrected chi connectivity index (χ4v) is 5.84. The molecule has 15 nitrogen and oxygen atoms in total. The standard InChI is InChI=1S/C17H16N8O7S3/c1-31-23-8(10-22-15(18)35-24-10)11(27)21-9-12(28)25-13(32-17(29)30)6(4-33-14(9)25)5-34-16-19-3-2-7(26)20-16/h2-3,9,14H,4-5H2,1H3,(H,21,27)(H,29,30)(H2,18,22,24)(H,19,20,26)/b23-8-/t9-,14+/m1/s1. The van der Waals surface area contributed by atoms with Crippen molar-refractivity contribution in [3.63, 3.8) is 0 Å². The van der Waals surface area contributed by atoms with Crippen LogP contribution >= 0.6 is 35.1 Å². The van der Waals surface area contributed by atoms with E-state index in [-0.39, 0.29) is 33.9 Å². The van der Waals surface area contributed by atoms with E-state index < -0.39 is 29.4 Å². The lowest BCUT2D eigenvalue weighted by Crippen LogP contribution is -2.70. The maximum absolute atomic E-state index is 12.9. The van der Waals surface area contributed by atoms with Gasteiger partial charge >= 0.3 is 6.16 Å². The van der Waals surface area contributed by atoms with Crippen LogP contribution in [0.5, 0.6) is 0 Å². The minimum atomic E-state index is -1.60. The van der Waals surface area contributed by atoms with Crippen molar-refractivity contribution in [2.45, 2.75) is 16.6 Å². The van der Waals surface area contributed by atoms with Gasteiger partial charge in [-0.15, -0.1) is 11.8 Å². The highest BCUT2D eigenvalue weighted by Gasteiger charge is 2.54. The molecule has 35 heavy (non-hydrogen) atoms. The van der Waals surface area contributed by atoms with Gasteiger partial charge in [0.15, 0.2) is 10.3 Å². The molecule has 2 aromatic rings. The average Bonchev–Trinajstić information content (AvgIpc) is 3.25. The van der Waals surface area contributed by atoms with Gasteiger partial charge in [-0.1, -0.05) is 16.9 Å². The lowest BCUT2D eigenvalue weighted by atomic mass is 10.1. The molecule has 2 amide bonds. The number of nitrogens with two attached hydrogens (primary N) is 1. The number of amides is 2. The second kappa shape index (κ2) is 10.3. The number of H-pyrrole nitrogens is 1. The van der Waals surface area contributed by atoms with Crippen molar-refractivity contribution in [3.05, 3.63) is 39.9 Å². The number of hydrogen-bond acceptors (Lipinski definition) is 14. The van der Waals surface area contributed by atoms with Crippen LogP contribution in [0.15, 0.2) is 38.8 Å². The largest absolute Gasteiger partial charge is 0.512 e. The van der Waals surface area contributed by atoms with Crippen molar-refractivity contribution < 1.29 is 29.1 Å². The first-order chi connectivity index (χ1) is 16.8. The molecule has 1 fully saturated rings. The Kier molecular flexibility index (Phi) is 7.22. The average molecular weight is 541 g/mol. The van der Waals surface area contributed by atoms with Crippen molar-refractivity contribution in [2.75, 3.05) is 24.3 Å². The Balaban J connectivity index is 1.50. The Morgan fingerprint density at radius 3 is 2.91 bits per heavy atom. The fraction of sp³-hybridized carbons (Fsp3) is 0.294. The molecule has 4 rings (SSSR count). The second-order valence-electron chi connectivity index (χ2n) is 6.74. The van der Waals surface area contributed by atoms with Crippen molar-refractivity contribution in [2.24, 2.45) is 5.16 Å². The highest BCUT2D eigenvalue weighted by Crippen LogP contribution is 2.41. The van der Waals surface area contributed by atoms with Crippen molar-refractivity contribution >= 4 is 63.9 Å². The van der Waals surface area contributed by atoms with Gasteiger partial charge in [0, 0.05) is 40.9 Å². The second-order valence-corrected chi connectivity index (χ2v) is 9.60. The number of nitrogens with zero attached hydrogens (tertiary/aromatic N) is 5. The van der Waals surface area contributed by atoms with Gasteiger partial charge in [0.2, 0.25) is 17.4 Å². The number of carbonyl (C=O) groups excluding carboxylic acids is 2. The number of ether oxygens (including phenoxy) is 1. The summed E-state index contributed by atoms with van der Waals surface area (Å²) in [6.07, 6.45) is -0.250. The molecular formula is C17H16N8O7S3. The molecule has 0 unspecified atom stereocenters. The fourth-order valence-electron chi connectivity index (χ4n) is 3.11. The predicted octanol–water partition coefficient (Wildman–Crippen LogP) is -0.347. The summed E-state index contributed by atoms with van der Waals surface area (Å²) in [4.78, 5) is 64.8. The summed E-state index contributed by atoms with van der Waals surface area (Å²) >= 11 is 3.31. The van der Waals surface area contributed by atoms with Gasteiger partial charge in [0.1, 0.15) is 18.5 Å². The number of fused-ring (bicyclic) bond motifs is 1. The number of nitrogen functional groups attached to an aromatic ring is 1. The van der Waals surface area contributed by atoms with Gasteiger partial charge in [0.25, 0.3) is 17.4 Å². The zero-order chi connectivity index (χ0) is 25.1. The molecule has 184 valence electrons. The van der Waals surface area contributed by atoms with E-state index in [1.165, 1.54) is 31.1 Å². The molecule has 0 saturated carbocycles. The molecule has 2 atom stereocenters. The Morgan fingerprint density at radius 1 is 1.46 bits per heavy atom.